The molecule has 1 aliphatic carbocycles. The minimum Gasteiger partial charge on any atom is -0.394 e. The van der Waals surface area contributed by atoms with E-state index in [1.54, 1.807) is 0 Å². The van der Waals surface area contributed by atoms with Gasteiger partial charge in [-0.3, -0.25) is 9.59 Å². The number of thiol groups is 1. The van der Waals surface area contributed by atoms with E-state index in [-0.39, 0.29) is 5.75 Å². The fourth-order valence-corrected chi connectivity index (χ4v) is 3.83. The highest BCUT2D eigenvalue weighted by Crippen LogP contribution is 2.29. The van der Waals surface area contributed by atoms with Crippen LogP contribution in [0.15, 0.2) is 0 Å². The number of aliphatic hydroxyl groups excluding tert-OH is 8. The molecule has 1 aliphatic heterocycles. The van der Waals surface area contributed by atoms with Crippen molar-refractivity contribution in [3.8, 4) is 0 Å². The molecule has 1 heterocycles. The maximum Gasteiger partial charge on any atom is 0.243 e. The van der Waals surface area contributed by atoms with Gasteiger partial charge in [-0.15, -0.1) is 0 Å². The summed E-state index contributed by atoms with van der Waals surface area (Å²) in [5.74, 6) is -1.51. The van der Waals surface area contributed by atoms with Crippen LogP contribution in [0.4, 0.5) is 0 Å². The smallest absolute Gasteiger partial charge is 0.243 e. The largest absolute Gasteiger partial charge is 0.394 e. The third-order valence-electron chi connectivity index (χ3n) is 5.43. The lowest BCUT2D eigenvalue weighted by Gasteiger charge is -2.47. The van der Waals surface area contributed by atoms with E-state index in [4.69, 9.17) is 9.47 Å². The summed E-state index contributed by atoms with van der Waals surface area (Å²) in [7, 11) is 0. The predicted octanol–water partition coefficient (Wildman–Crippen LogP) is -6.45. The van der Waals surface area contributed by atoms with Crippen LogP contribution in [0.25, 0.3) is 0 Å². The number of hydrogen-bond donors (Lipinski definition) is 11. The average Bonchev–Trinajstić information content (AvgIpc) is 2.76. The Labute approximate surface area is 188 Å². The lowest BCUT2D eigenvalue weighted by atomic mass is 9.84. The fraction of sp³-hybridized carbons (Fsp3) is 0.882. The molecule has 0 radical (unpaired) electrons. The molecule has 0 aromatic rings. The fourth-order valence-electron chi connectivity index (χ4n) is 3.57. The predicted molar refractivity (Wildman–Crippen MR) is 106 cm³/mol. The normalized spacial score (nSPS) is 43.4. The van der Waals surface area contributed by atoms with Gasteiger partial charge in [-0.2, -0.15) is 12.6 Å². The third-order valence-corrected chi connectivity index (χ3v) is 5.80. The Morgan fingerprint density at radius 3 is 1.94 bits per heavy atom. The van der Waals surface area contributed by atoms with Crippen LogP contribution in [0.2, 0.25) is 0 Å². The first-order chi connectivity index (χ1) is 14.9. The van der Waals surface area contributed by atoms with Crippen LogP contribution in [0.3, 0.4) is 0 Å². The Morgan fingerprint density at radius 2 is 1.47 bits per heavy atom. The molecule has 10 N–H and O–H groups in total. The molecule has 1 saturated carbocycles. The van der Waals surface area contributed by atoms with E-state index in [0.717, 1.165) is 0 Å². The van der Waals surface area contributed by atoms with Crippen molar-refractivity contribution in [2.24, 2.45) is 0 Å². The van der Waals surface area contributed by atoms with Gasteiger partial charge >= 0.3 is 0 Å². The quantitative estimate of drug-likeness (QED) is 0.151. The summed E-state index contributed by atoms with van der Waals surface area (Å²) in [6.45, 7) is 0.393. The first kappa shape index (κ1) is 27.1. The van der Waals surface area contributed by atoms with Crippen LogP contribution in [0.5, 0.6) is 0 Å². The molecule has 0 spiro atoms. The Kier molecular flexibility index (Phi) is 9.62. The van der Waals surface area contributed by atoms with E-state index < -0.39 is 91.7 Å². The molecule has 0 aromatic carbocycles. The zero-order valence-corrected chi connectivity index (χ0v) is 17.9. The van der Waals surface area contributed by atoms with E-state index in [1.165, 1.54) is 6.92 Å². The highest BCUT2D eigenvalue weighted by molar-refractivity contribution is 7.80. The van der Waals surface area contributed by atoms with E-state index in [2.05, 4.69) is 23.3 Å². The molecule has 14 nitrogen and oxygen atoms in total. The van der Waals surface area contributed by atoms with Crippen LogP contribution in [-0.2, 0) is 19.1 Å². The Hall–Kier alpha value is -1.11. The summed E-state index contributed by atoms with van der Waals surface area (Å²) >= 11 is 3.97. The Balaban J connectivity index is 2.27. The van der Waals surface area contributed by atoms with Crippen LogP contribution >= 0.6 is 12.6 Å². The molecule has 2 amide bonds. The van der Waals surface area contributed by atoms with Gasteiger partial charge < -0.3 is 61.0 Å². The highest BCUT2D eigenvalue weighted by atomic mass is 32.1. The van der Waals surface area contributed by atoms with Crippen molar-refractivity contribution in [2.45, 2.75) is 80.2 Å². The van der Waals surface area contributed by atoms with Crippen LogP contribution < -0.4 is 10.6 Å². The number of nitrogens with one attached hydrogen (secondary N) is 2. The molecular weight excluding hydrogens is 456 g/mol. The standard InChI is InChI=1S/C17H30N2O12S/c1-4(21)18-5(3-32)16(29)19-7-9(23)8(22)6(2-20)30-17(7)31-15-13(27)11(25)10(24)12(26)14(15)28/h5-15,17,20,22-28,32H,2-3H2,1H3,(H,18,21)(H,19,29)/t5-,6+,7+,8?,9-,10?,11-,12?,13-,14+,15?,17?/m0/s1. The van der Waals surface area contributed by atoms with Crippen molar-refractivity contribution in [1.29, 1.82) is 0 Å². The number of aliphatic hydroxyl groups is 8. The maximum atomic E-state index is 12.6. The minimum absolute atomic E-state index is 0.126. The third kappa shape index (κ3) is 5.68. The van der Waals surface area contributed by atoms with E-state index >= 15 is 0 Å². The van der Waals surface area contributed by atoms with Crippen LogP contribution in [0.1, 0.15) is 6.92 Å². The molecule has 5 unspecified atom stereocenters. The minimum atomic E-state index is -1.91. The van der Waals surface area contributed by atoms with Gasteiger partial charge in [0.15, 0.2) is 6.29 Å². The summed E-state index contributed by atoms with van der Waals surface area (Å²) in [5, 5.41) is 84.6. The number of hydrogen-bond acceptors (Lipinski definition) is 13. The van der Waals surface area contributed by atoms with E-state index in [1.807, 2.05) is 0 Å². The van der Waals surface area contributed by atoms with Crippen molar-refractivity contribution in [3.05, 3.63) is 0 Å². The summed E-state index contributed by atoms with van der Waals surface area (Å²) in [6.07, 6.45) is -17.8. The van der Waals surface area contributed by atoms with Crippen LogP contribution in [0, 0.1) is 0 Å². The van der Waals surface area contributed by atoms with Crippen molar-refractivity contribution in [3.63, 3.8) is 0 Å². The van der Waals surface area contributed by atoms with Gasteiger partial charge in [0.25, 0.3) is 0 Å². The molecule has 1 saturated heterocycles. The second kappa shape index (κ2) is 11.3. The SMILES string of the molecule is CC(=O)N[C@@H](CS)C(=O)N[C@H]1C(OC2[C@H](O)C(O)C(O)[C@H](O)[C@@H]2O)O[C@H](CO)C(O)[C@H]1O. The molecule has 32 heavy (non-hydrogen) atoms. The van der Waals surface area contributed by atoms with Gasteiger partial charge in [0.2, 0.25) is 11.8 Å². The molecule has 15 heteroatoms. The van der Waals surface area contributed by atoms with Gasteiger partial charge in [0.1, 0.15) is 67.0 Å². The van der Waals surface area contributed by atoms with Gasteiger partial charge in [-0.1, -0.05) is 0 Å². The molecular formula is C17H30N2O12S. The van der Waals surface area contributed by atoms with Gasteiger partial charge in [0.05, 0.1) is 6.61 Å². The van der Waals surface area contributed by atoms with Gasteiger partial charge in [-0.25, -0.2) is 0 Å². The molecule has 2 rings (SSSR count). The molecule has 0 aromatic heterocycles. The second-order valence-electron chi connectivity index (χ2n) is 7.73. The summed E-state index contributed by atoms with van der Waals surface area (Å²) in [6, 6.07) is -2.68. The first-order valence-electron chi connectivity index (χ1n) is 9.81. The summed E-state index contributed by atoms with van der Waals surface area (Å²) in [5.41, 5.74) is 0. The number of carbonyl (C=O) groups excluding carboxylic acids is 2. The molecule has 186 valence electrons. The van der Waals surface area contributed by atoms with Crippen molar-refractivity contribution in [1.82, 2.24) is 10.6 Å². The lowest BCUT2D eigenvalue weighted by molar-refractivity contribution is -0.319. The Morgan fingerprint density at radius 1 is 0.938 bits per heavy atom. The monoisotopic (exact) mass is 486 g/mol. The molecule has 0 bridgehead atoms. The number of amides is 2. The van der Waals surface area contributed by atoms with E-state index in [9.17, 15) is 50.4 Å². The average molecular weight is 486 g/mol. The topological polar surface area (TPSA) is 238 Å². The molecule has 2 aliphatic rings. The van der Waals surface area contributed by atoms with E-state index in [0.29, 0.717) is 0 Å². The first-order valence-corrected chi connectivity index (χ1v) is 10.4. The van der Waals surface area contributed by atoms with Gasteiger partial charge in [0, 0.05) is 12.7 Å². The molecule has 2 fully saturated rings. The van der Waals surface area contributed by atoms with Crippen molar-refractivity contribution < 1.29 is 59.9 Å². The number of carbonyl (C=O) groups is 2. The number of ether oxygens (including phenoxy) is 2. The van der Waals surface area contributed by atoms with Crippen molar-refractivity contribution in [2.75, 3.05) is 12.4 Å². The Bertz CT molecular complexity index is 643. The summed E-state index contributed by atoms with van der Waals surface area (Å²) < 4.78 is 10.8. The number of rotatable bonds is 7. The summed E-state index contributed by atoms with van der Waals surface area (Å²) in [4.78, 5) is 23.8. The maximum absolute atomic E-state index is 12.6. The lowest BCUT2D eigenvalue weighted by Crippen LogP contribution is -2.69. The van der Waals surface area contributed by atoms with Crippen LogP contribution in [-0.4, -0.2) is 138 Å². The molecule has 12 atom stereocenters. The zero-order chi connectivity index (χ0) is 24.3. The van der Waals surface area contributed by atoms with Crippen molar-refractivity contribution >= 4 is 24.4 Å². The zero-order valence-electron chi connectivity index (χ0n) is 17.0. The van der Waals surface area contributed by atoms with Gasteiger partial charge in [-0.05, 0) is 0 Å². The second-order valence-corrected chi connectivity index (χ2v) is 8.10. The highest BCUT2D eigenvalue weighted by Gasteiger charge is 2.53.